The number of hydrazine groups is 1. The zero-order valence-corrected chi connectivity index (χ0v) is 25.3. The van der Waals surface area contributed by atoms with Crippen LogP contribution in [0.1, 0.15) is 12.8 Å². The predicted octanol–water partition coefficient (Wildman–Crippen LogP) is 1.30. The first-order valence-electron chi connectivity index (χ1n) is 12.9. The first kappa shape index (κ1) is 44.5. The van der Waals surface area contributed by atoms with E-state index < -0.39 is 36.4 Å². The summed E-state index contributed by atoms with van der Waals surface area (Å²) in [5.41, 5.74) is 5.83. The van der Waals surface area contributed by atoms with Crippen molar-refractivity contribution in [3.63, 3.8) is 0 Å². The fraction of sp³-hybridized carbons (Fsp3) is 0.565. The van der Waals surface area contributed by atoms with E-state index in [9.17, 15) is 49.1 Å². The minimum atomic E-state index is -5.08. The molecule has 2 fully saturated rings. The van der Waals surface area contributed by atoms with Crippen molar-refractivity contribution < 1.29 is 78.8 Å². The minimum absolute atomic E-state index is 0.132. The van der Waals surface area contributed by atoms with Gasteiger partial charge in [0.1, 0.15) is 6.04 Å². The van der Waals surface area contributed by atoms with E-state index in [2.05, 4.69) is 37.1 Å². The van der Waals surface area contributed by atoms with Crippen LogP contribution in [-0.2, 0) is 24.0 Å². The molecule has 26 heteroatoms. The van der Waals surface area contributed by atoms with Crippen LogP contribution in [0.25, 0.3) is 0 Å². The van der Waals surface area contributed by atoms with Gasteiger partial charge in [-0.2, -0.15) is 44.8 Å². The maximum absolute atomic E-state index is 12.1. The number of hydrogen-bond donors (Lipinski definition) is 6. The summed E-state index contributed by atoms with van der Waals surface area (Å²) in [7, 11) is 0. The van der Waals surface area contributed by atoms with Gasteiger partial charge in [-0.1, -0.05) is 0 Å². The molecular weight excluding hydrogens is 719 g/mol. The minimum Gasteiger partial charge on any atom is -0.475 e. The summed E-state index contributed by atoms with van der Waals surface area (Å²) in [5.74, 6) is -6.78. The fourth-order valence-electron chi connectivity index (χ4n) is 3.12. The number of aliphatic carboxylic acids is 3. The van der Waals surface area contributed by atoms with Gasteiger partial charge in [0.2, 0.25) is 17.8 Å². The number of nitrogens with one attached hydrogen (secondary N) is 3. The SMILES string of the molecule is N#CC1CSCN1CC(=O)NNC1CCN(CC(=O)Nc2ncccn2)CC1.O=C(O)C(F)(F)F.O=C(O)C(F)(F)F.O=C(O)C(F)(F)F. The molecule has 1 aromatic heterocycles. The first-order valence-corrected chi connectivity index (χ1v) is 14.1. The summed E-state index contributed by atoms with van der Waals surface area (Å²) < 4.78 is 95.2. The standard InChI is InChI=1S/C17H24N8O2S.3C2HF3O2/c18-8-14-11-28-12-25(14)10-16(27)23-22-13-2-6-24(7-3-13)9-15(26)21-17-19-4-1-5-20-17;3*3-2(4,5)1(6)7/h1,4-5,13-14,22H,2-3,6-7,9-12H2,(H,23,27)(H,19,20,21,26);3*(H,6,7). The number of hydrogen-bond acceptors (Lipinski definition) is 12. The Balaban J connectivity index is 0.000000891. The molecule has 0 radical (unpaired) electrons. The summed E-state index contributed by atoms with van der Waals surface area (Å²) in [6.45, 7) is 2.03. The van der Waals surface area contributed by atoms with Crippen molar-refractivity contribution in [1.29, 1.82) is 5.26 Å². The molecule has 0 bridgehead atoms. The number of carboxylic acid groups (broad SMARTS) is 3. The number of likely N-dealkylation sites (tertiary alicyclic amines) is 1. The van der Waals surface area contributed by atoms with E-state index >= 15 is 0 Å². The third-order valence-corrected chi connectivity index (χ3v) is 6.45. The van der Waals surface area contributed by atoms with Crippen molar-refractivity contribution >= 4 is 47.4 Å². The smallest absolute Gasteiger partial charge is 0.475 e. The second kappa shape index (κ2) is 20.8. The third-order valence-electron chi connectivity index (χ3n) is 5.38. The molecule has 0 saturated carbocycles. The lowest BCUT2D eigenvalue weighted by atomic mass is 10.1. The van der Waals surface area contributed by atoms with E-state index in [1.54, 1.807) is 30.2 Å². The summed E-state index contributed by atoms with van der Waals surface area (Å²) in [4.78, 5) is 62.7. The van der Waals surface area contributed by atoms with Crippen molar-refractivity contribution in [3.8, 4) is 6.07 Å². The van der Waals surface area contributed by atoms with Gasteiger partial charge in [0.25, 0.3) is 0 Å². The molecule has 2 saturated heterocycles. The highest BCUT2D eigenvalue weighted by atomic mass is 32.2. The zero-order valence-electron chi connectivity index (χ0n) is 24.5. The highest BCUT2D eigenvalue weighted by molar-refractivity contribution is 7.99. The number of thioether (sulfide) groups is 1. The second-order valence-corrected chi connectivity index (χ2v) is 10.2. The van der Waals surface area contributed by atoms with Gasteiger partial charge in [-0.25, -0.2) is 29.8 Å². The molecule has 1 unspecified atom stereocenters. The van der Waals surface area contributed by atoms with E-state index in [4.69, 9.17) is 35.0 Å². The number of piperidine rings is 1. The average molecular weight is 747 g/mol. The van der Waals surface area contributed by atoms with Crippen LogP contribution in [0.15, 0.2) is 18.5 Å². The monoisotopic (exact) mass is 746 g/mol. The van der Waals surface area contributed by atoms with Crippen LogP contribution in [0.5, 0.6) is 0 Å². The molecular formula is C23H27F9N8O8S. The van der Waals surface area contributed by atoms with Crippen molar-refractivity contribution in [2.45, 2.75) is 43.5 Å². The highest BCUT2D eigenvalue weighted by Gasteiger charge is 2.39. The molecule has 276 valence electrons. The van der Waals surface area contributed by atoms with Crippen LogP contribution in [0.3, 0.4) is 0 Å². The van der Waals surface area contributed by atoms with Crippen LogP contribution in [-0.4, -0.2) is 133 Å². The van der Waals surface area contributed by atoms with Crippen LogP contribution < -0.4 is 16.2 Å². The third kappa shape index (κ3) is 20.5. The van der Waals surface area contributed by atoms with Crippen molar-refractivity contribution in [1.82, 2.24) is 30.6 Å². The molecule has 16 nitrogen and oxygen atoms in total. The fourth-order valence-corrected chi connectivity index (χ4v) is 4.24. The molecule has 2 aliphatic heterocycles. The number of aromatic nitrogens is 2. The summed E-state index contributed by atoms with van der Waals surface area (Å²) in [6, 6.07) is 3.89. The second-order valence-electron chi connectivity index (χ2n) is 9.16. The molecule has 0 spiro atoms. The normalized spacial score (nSPS) is 16.9. The Labute approximate surface area is 273 Å². The molecule has 3 heterocycles. The quantitative estimate of drug-likeness (QED) is 0.170. The Morgan fingerprint density at radius 1 is 0.837 bits per heavy atom. The predicted molar refractivity (Wildman–Crippen MR) is 146 cm³/mol. The Bertz CT molecular complexity index is 1220. The number of alkyl halides is 9. The van der Waals surface area contributed by atoms with Crippen molar-refractivity contribution in [2.24, 2.45) is 0 Å². The van der Waals surface area contributed by atoms with Gasteiger partial charge < -0.3 is 15.3 Å². The molecule has 0 aromatic carbocycles. The molecule has 1 aromatic rings. The maximum atomic E-state index is 12.1. The van der Waals surface area contributed by atoms with Gasteiger partial charge in [-0.05, 0) is 18.9 Å². The van der Waals surface area contributed by atoms with Crippen LogP contribution >= 0.6 is 11.8 Å². The lowest BCUT2D eigenvalue weighted by Crippen LogP contribution is -2.52. The number of carbonyl (C=O) groups is 5. The largest absolute Gasteiger partial charge is 0.490 e. The molecule has 2 aliphatic rings. The van der Waals surface area contributed by atoms with Crippen molar-refractivity contribution in [3.05, 3.63) is 18.5 Å². The van der Waals surface area contributed by atoms with E-state index in [1.807, 2.05) is 4.90 Å². The first-order chi connectivity index (χ1) is 22.5. The number of anilines is 1. The number of amides is 2. The summed E-state index contributed by atoms with van der Waals surface area (Å²) in [6.07, 6.45) is -10.4. The van der Waals surface area contributed by atoms with E-state index in [0.717, 1.165) is 31.7 Å². The van der Waals surface area contributed by atoms with E-state index in [0.29, 0.717) is 18.4 Å². The maximum Gasteiger partial charge on any atom is 0.490 e. The van der Waals surface area contributed by atoms with Gasteiger partial charge in [0.05, 0.1) is 19.2 Å². The number of halogens is 9. The number of nitriles is 1. The Kier molecular flexibility index (Phi) is 18.9. The zero-order chi connectivity index (χ0) is 38.0. The Hall–Kier alpha value is -4.48. The number of rotatable bonds is 7. The Morgan fingerprint density at radius 3 is 1.69 bits per heavy atom. The average Bonchev–Trinajstić information content (AvgIpc) is 3.43. The topological polar surface area (TPSA) is 238 Å². The molecule has 1 atom stereocenters. The highest BCUT2D eigenvalue weighted by Crippen LogP contribution is 2.19. The van der Waals surface area contributed by atoms with Gasteiger partial charge >= 0.3 is 36.4 Å². The number of carbonyl (C=O) groups excluding carboxylic acids is 2. The van der Waals surface area contributed by atoms with Gasteiger partial charge in [0, 0.05) is 43.2 Å². The van der Waals surface area contributed by atoms with E-state index in [1.165, 1.54) is 0 Å². The molecule has 2 amide bonds. The number of nitrogens with zero attached hydrogens (tertiary/aromatic N) is 5. The molecule has 49 heavy (non-hydrogen) atoms. The summed E-state index contributed by atoms with van der Waals surface area (Å²) in [5, 5.41) is 33.1. The lowest BCUT2D eigenvalue weighted by Gasteiger charge is -2.32. The van der Waals surface area contributed by atoms with Gasteiger partial charge in [-0.3, -0.25) is 30.1 Å². The Morgan fingerprint density at radius 2 is 1.29 bits per heavy atom. The molecule has 3 rings (SSSR count). The molecule has 6 N–H and O–H groups in total. The van der Waals surface area contributed by atoms with Gasteiger partial charge in [0.15, 0.2) is 0 Å². The molecule has 0 aliphatic carbocycles. The van der Waals surface area contributed by atoms with Crippen LogP contribution in [0, 0.1) is 11.3 Å². The van der Waals surface area contributed by atoms with Crippen molar-refractivity contribution in [2.75, 3.05) is 43.1 Å². The number of carboxylic acids is 3. The van der Waals surface area contributed by atoms with Gasteiger partial charge in [-0.15, -0.1) is 11.8 Å². The van der Waals surface area contributed by atoms with Crippen LogP contribution in [0.2, 0.25) is 0 Å². The van der Waals surface area contributed by atoms with E-state index in [-0.39, 0.29) is 30.4 Å². The summed E-state index contributed by atoms with van der Waals surface area (Å²) >= 11 is 1.67. The lowest BCUT2D eigenvalue weighted by molar-refractivity contribution is -0.193. The van der Waals surface area contributed by atoms with Crippen LogP contribution in [0.4, 0.5) is 45.5 Å².